The second-order valence-corrected chi connectivity index (χ2v) is 5.66. The van der Waals surface area contributed by atoms with Crippen LogP contribution in [0.15, 0.2) is 41.9 Å². The quantitative estimate of drug-likeness (QED) is 0.771. The summed E-state index contributed by atoms with van der Waals surface area (Å²) in [6.07, 6.45) is 0. The van der Waals surface area contributed by atoms with E-state index in [1.165, 1.54) is 0 Å². The van der Waals surface area contributed by atoms with Crippen molar-refractivity contribution in [3.05, 3.63) is 53.0 Å². The van der Waals surface area contributed by atoms with Gasteiger partial charge in [-0.25, -0.2) is 4.98 Å². The molecule has 2 N–H and O–H groups in total. The fraction of sp³-hybridized carbons (Fsp3) is 0.125. The lowest BCUT2D eigenvalue weighted by atomic mass is 10.1. The third-order valence-corrected chi connectivity index (χ3v) is 4.14. The Labute approximate surface area is 126 Å². The van der Waals surface area contributed by atoms with Crippen molar-refractivity contribution in [2.75, 3.05) is 17.7 Å². The Morgan fingerprint density at radius 1 is 1.19 bits per heavy atom. The molecule has 0 bridgehead atoms. The van der Waals surface area contributed by atoms with Crippen LogP contribution >= 0.6 is 11.3 Å². The Balaban J connectivity index is 1.83. The predicted octanol–water partition coefficient (Wildman–Crippen LogP) is 3.90. The molecule has 0 radical (unpaired) electrons. The van der Waals surface area contributed by atoms with Crippen molar-refractivity contribution in [2.24, 2.45) is 0 Å². The number of amides is 1. The van der Waals surface area contributed by atoms with Crippen molar-refractivity contribution in [1.29, 1.82) is 0 Å². The molecule has 0 unspecified atom stereocenters. The van der Waals surface area contributed by atoms with E-state index < -0.39 is 0 Å². The van der Waals surface area contributed by atoms with Gasteiger partial charge in [0.1, 0.15) is 0 Å². The van der Waals surface area contributed by atoms with Gasteiger partial charge in [-0.1, -0.05) is 0 Å². The van der Waals surface area contributed by atoms with E-state index in [0.29, 0.717) is 5.56 Å². The summed E-state index contributed by atoms with van der Waals surface area (Å²) in [5.41, 5.74) is 6.26. The molecule has 1 heterocycles. The summed E-state index contributed by atoms with van der Waals surface area (Å²) in [6, 6.07) is 11.3. The van der Waals surface area contributed by atoms with Crippen LogP contribution in [0, 0.1) is 6.92 Å². The zero-order valence-corrected chi connectivity index (χ0v) is 12.6. The molecule has 3 rings (SSSR count). The van der Waals surface area contributed by atoms with Crippen LogP contribution in [0.3, 0.4) is 0 Å². The van der Waals surface area contributed by atoms with Gasteiger partial charge in [-0.2, -0.15) is 0 Å². The molecule has 3 aromatic rings. The maximum Gasteiger partial charge on any atom is 0.255 e. The normalized spacial score (nSPS) is 10.6. The van der Waals surface area contributed by atoms with Gasteiger partial charge in [0.05, 0.1) is 15.7 Å². The molecule has 0 aliphatic heterocycles. The summed E-state index contributed by atoms with van der Waals surface area (Å²) in [7, 11) is 1.87. The van der Waals surface area contributed by atoms with Crippen LogP contribution in [0.4, 0.5) is 11.4 Å². The molecule has 5 heteroatoms. The number of carbonyl (C=O) groups is 1. The van der Waals surface area contributed by atoms with Crippen LogP contribution < -0.4 is 10.6 Å². The minimum atomic E-state index is -0.107. The molecule has 0 spiro atoms. The fourth-order valence-electron chi connectivity index (χ4n) is 2.22. The first-order valence-corrected chi connectivity index (χ1v) is 7.48. The third kappa shape index (κ3) is 2.73. The minimum absolute atomic E-state index is 0.107. The highest BCUT2D eigenvalue weighted by atomic mass is 32.1. The molecule has 21 heavy (non-hydrogen) atoms. The number of anilines is 2. The molecule has 0 saturated carbocycles. The number of thiazole rings is 1. The maximum absolute atomic E-state index is 12.3. The second kappa shape index (κ2) is 5.54. The van der Waals surface area contributed by atoms with E-state index in [4.69, 9.17) is 0 Å². The number of aryl methyl sites for hydroxylation is 1. The lowest BCUT2D eigenvalue weighted by Gasteiger charge is -2.09. The van der Waals surface area contributed by atoms with Gasteiger partial charge in [-0.15, -0.1) is 11.3 Å². The van der Waals surface area contributed by atoms with Crippen LogP contribution in [-0.4, -0.2) is 17.9 Å². The molecule has 0 atom stereocenters. The van der Waals surface area contributed by atoms with E-state index in [2.05, 4.69) is 15.6 Å². The molecule has 0 aliphatic carbocycles. The summed E-state index contributed by atoms with van der Waals surface area (Å²) in [5.74, 6) is -0.107. The van der Waals surface area contributed by atoms with Crippen molar-refractivity contribution >= 4 is 38.8 Å². The zero-order chi connectivity index (χ0) is 14.8. The Morgan fingerprint density at radius 2 is 2.05 bits per heavy atom. The summed E-state index contributed by atoms with van der Waals surface area (Å²) in [5, 5.41) is 6.02. The largest absolute Gasteiger partial charge is 0.388 e. The average molecular weight is 297 g/mol. The summed E-state index contributed by atoms with van der Waals surface area (Å²) in [4.78, 5) is 16.5. The first-order valence-electron chi connectivity index (χ1n) is 6.60. The van der Waals surface area contributed by atoms with E-state index >= 15 is 0 Å². The highest BCUT2D eigenvalue weighted by Crippen LogP contribution is 2.23. The topological polar surface area (TPSA) is 54.0 Å². The third-order valence-electron chi connectivity index (χ3n) is 3.35. The number of hydrogen-bond acceptors (Lipinski definition) is 4. The predicted molar refractivity (Wildman–Crippen MR) is 88.3 cm³/mol. The average Bonchev–Trinajstić information content (AvgIpc) is 2.94. The molecule has 0 saturated heterocycles. The number of benzene rings is 2. The van der Waals surface area contributed by atoms with Gasteiger partial charge >= 0.3 is 0 Å². The number of rotatable bonds is 3. The molecule has 4 nitrogen and oxygen atoms in total. The lowest BCUT2D eigenvalue weighted by Crippen LogP contribution is -2.12. The molecule has 1 amide bonds. The van der Waals surface area contributed by atoms with Gasteiger partial charge in [0.25, 0.3) is 5.91 Å². The SMILES string of the molecule is CNc1ccc(C(=O)Nc2ccc3ncsc3c2)cc1C. The fourth-order valence-corrected chi connectivity index (χ4v) is 2.94. The summed E-state index contributed by atoms with van der Waals surface area (Å²) in [6.45, 7) is 1.98. The first-order chi connectivity index (χ1) is 10.2. The van der Waals surface area contributed by atoms with E-state index in [9.17, 15) is 4.79 Å². The van der Waals surface area contributed by atoms with Crippen LogP contribution in [0.2, 0.25) is 0 Å². The number of nitrogens with zero attached hydrogens (tertiary/aromatic N) is 1. The summed E-state index contributed by atoms with van der Waals surface area (Å²) < 4.78 is 1.06. The number of carbonyl (C=O) groups excluding carboxylic acids is 1. The zero-order valence-electron chi connectivity index (χ0n) is 11.8. The van der Waals surface area contributed by atoms with Gasteiger partial charge in [0.2, 0.25) is 0 Å². The highest BCUT2D eigenvalue weighted by molar-refractivity contribution is 7.16. The standard InChI is InChI=1S/C16H15N3OS/c1-10-7-11(3-5-13(10)17-2)16(20)19-12-4-6-14-15(8-12)21-9-18-14/h3-9,17H,1-2H3,(H,19,20). The number of aromatic nitrogens is 1. The molecule has 106 valence electrons. The monoisotopic (exact) mass is 297 g/mol. The minimum Gasteiger partial charge on any atom is -0.388 e. The first kappa shape index (κ1) is 13.6. The number of nitrogens with one attached hydrogen (secondary N) is 2. The second-order valence-electron chi connectivity index (χ2n) is 4.77. The van der Waals surface area contributed by atoms with Crippen molar-refractivity contribution in [3.63, 3.8) is 0 Å². The maximum atomic E-state index is 12.3. The highest BCUT2D eigenvalue weighted by Gasteiger charge is 2.08. The Morgan fingerprint density at radius 3 is 2.81 bits per heavy atom. The van der Waals surface area contributed by atoms with Crippen molar-refractivity contribution < 1.29 is 4.79 Å². The Hall–Kier alpha value is -2.40. The van der Waals surface area contributed by atoms with Crippen LogP contribution in [0.1, 0.15) is 15.9 Å². The van der Waals surface area contributed by atoms with Gasteiger partial charge in [0, 0.05) is 24.0 Å². The van der Waals surface area contributed by atoms with E-state index in [0.717, 1.165) is 27.2 Å². The van der Waals surface area contributed by atoms with Crippen molar-refractivity contribution in [1.82, 2.24) is 4.98 Å². The van der Waals surface area contributed by atoms with E-state index in [1.807, 2.05) is 50.4 Å². The number of fused-ring (bicyclic) bond motifs is 1. The van der Waals surface area contributed by atoms with Crippen molar-refractivity contribution in [3.8, 4) is 0 Å². The van der Waals surface area contributed by atoms with Crippen LogP contribution in [0.5, 0.6) is 0 Å². The van der Waals surface area contributed by atoms with Gasteiger partial charge in [-0.05, 0) is 48.9 Å². The molecule has 2 aromatic carbocycles. The van der Waals surface area contributed by atoms with Gasteiger partial charge in [0.15, 0.2) is 0 Å². The molecular weight excluding hydrogens is 282 g/mol. The number of hydrogen-bond donors (Lipinski definition) is 2. The molecule has 0 aliphatic rings. The molecular formula is C16H15N3OS. The molecule has 1 aromatic heterocycles. The van der Waals surface area contributed by atoms with Crippen molar-refractivity contribution in [2.45, 2.75) is 6.92 Å². The Bertz CT molecular complexity index is 810. The van der Waals surface area contributed by atoms with Gasteiger partial charge < -0.3 is 10.6 Å². The molecule has 0 fully saturated rings. The van der Waals surface area contributed by atoms with Gasteiger partial charge in [-0.3, -0.25) is 4.79 Å². The summed E-state index contributed by atoms with van der Waals surface area (Å²) >= 11 is 1.56. The van der Waals surface area contributed by atoms with Crippen LogP contribution in [-0.2, 0) is 0 Å². The van der Waals surface area contributed by atoms with E-state index in [-0.39, 0.29) is 5.91 Å². The van der Waals surface area contributed by atoms with E-state index in [1.54, 1.807) is 16.8 Å². The Kier molecular flexibility index (Phi) is 3.58. The lowest BCUT2D eigenvalue weighted by molar-refractivity contribution is 0.102. The smallest absolute Gasteiger partial charge is 0.255 e. The van der Waals surface area contributed by atoms with Crippen LogP contribution in [0.25, 0.3) is 10.2 Å².